The molecule has 0 saturated heterocycles. The summed E-state index contributed by atoms with van der Waals surface area (Å²) in [4.78, 5) is 51.0. The number of phenolic OH excluding ortho intramolecular Hbond substituents is 4. The molecule has 2 unspecified atom stereocenters. The smallest absolute Gasteiger partial charge is 0.295 e. The van der Waals surface area contributed by atoms with Crippen LogP contribution in [0.1, 0.15) is 33.4 Å². The van der Waals surface area contributed by atoms with Crippen LogP contribution >= 0.6 is 136 Å². The summed E-state index contributed by atoms with van der Waals surface area (Å²) in [7, 11) is -20.0. The number of aromatic hydroxyl groups is 4. The van der Waals surface area contributed by atoms with Gasteiger partial charge in [-0.2, -0.15) is 43.9 Å². The molecule has 8 aromatic carbocycles. The second-order valence-corrected chi connectivity index (χ2v) is 35.0. The lowest BCUT2D eigenvalue weighted by molar-refractivity contribution is -0.132. The molecule has 628 valence electrons. The molecule has 0 fully saturated rings. The van der Waals surface area contributed by atoms with Crippen LogP contribution in [0.25, 0.3) is 24.3 Å². The number of hydrazine groups is 2. The number of benzene rings is 8. The normalized spacial score (nSPS) is 12.3. The van der Waals surface area contributed by atoms with E-state index in [0.29, 0.717) is 10.0 Å². The number of nitrogens with one attached hydrogen (secondary N) is 14. The summed E-state index contributed by atoms with van der Waals surface area (Å²) >= 11 is 45.6. The summed E-state index contributed by atoms with van der Waals surface area (Å²) < 4.78 is 148. The van der Waals surface area contributed by atoms with E-state index in [1.807, 2.05) is 0 Å². The van der Waals surface area contributed by atoms with Crippen molar-refractivity contribution >= 4 is 291 Å². The number of nitrogens with zero attached hydrogens (tertiary/aromatic N) is 2. The standard InChI is InChI=1S/C68H60Br4Cl2N16O21S8/c69-47-25-37(57(91)53(71)59(47)93)31-77-85-61(95)55(79-41-17-9-39(73)10-18-41)63(97)87-89-67(114)83-45-15-7-35(51(29-45)118(105,106)107)3-1-33-5-13-43(27-49(33)116(99,100)101)81-65(112)75-21-23-111-24-22-76-66(113)82-44-14-6-34(50(28-44)117(102,103)104)2-4-36-8-16-46(30-52(36)119(108,109)110)84-68(115)90-88-64(98)56(80-42-19-11-40(74)12-20-42)62(96)86-78-32-38-26-48(70)60(94)54(72)58(38)92/h1-20,25-32,55-56,79-80,91-94H,21-24H2,(H,85,95)(H,86,96)(H,87,97)(H,88,98)(H2,75,81,112)(H2,76,82,113)(H2,83,89,114)(H2,84,90,115)(H,99,100,101)(H,102,103,104)(H,105,106,107)(H,108,109,110)/b3-1+,4-2+,77-31+,78-32+. The van der Waals surface area contributed by atoms with Gasteiger partial charge in [-0.25, -0.2) is 10.9 Å². The summed E-state index contributed by atoms with van der Waals surface area (Å²) in [5, 5.41) is 70.3. The molecule has 22 N–H and O–H groups in total. The summed E-state index contributed by atoms with van der Waals surface area (Å²) in [5.41, 5.74) is 13.5. The topological polar surface area (TPSA) is 569 Å². The lowest BCUT2D eigenvalue weighted by Gasteiger charge is -2.19. The van der Waals surface area contributed by atoms with Crippen LogP contribution in [-0.2, 0) is 64.4 Å². The Morgan fingerprint density at radius 3 is 0.950 bits per heavy atom. The highest BCUT2D eigenvalue weighted by Crippen LogP contribution is 2.42. The van der Waals surface area contributed by atoms with E-state index in [1.54, 1.807) is 0 Å². The highest BCUT2D eigenvalue weighted by Gasteiger charge is 2.30. The van der Waals surface area contributed by atoms with Crippen molar-refractivity contribution in [2.45, 2.75) is 31.7 Å². The van der Waals surface area contributed by atoms with Crippen molar-refractivity contribution in [3.05, 3.63) is 195 Å². The van der Waals surface area contributed by atoms with Crippen LogP contribution in [0.5, 0.6) is 23.0 Å². The van der Waals surface area contributed by atoms with Crippen molar-refractivity contribution in [2.75, 3.05) is 58.2 Å². The van der Waals surface area contributed by atoms with Gasteiger partial charge in [-0.15, -0.1) is 0 Å². The number of carbonyl (C=O) groups excluding carboxylic acids is 4. The van der Waals surface area contributed by atoms with Crippen LogP contribution in [0.3, 0.4) is 0 Å². The first kappa shape index (κ1) is 94.6. The monoisotopic (exact) mass is 2080 g/mol. The fourth-order valence-corrected chi connectivity index (χ4v) is 15.9. The van der Waals surface area contributed by atoms with Crippen molar-refractivity contribution in [1.29, 1.82) is 0 Å². The van der Waals surface area contributed by atoms with Gasteiger partial charge in [0.1, 0.15) is 51.5 Å². The van der Waals surface area contributed by atoms with E-state index in [-0.39, 0.29) is 144 Å². The summed E-state index contributed by atoms with van der Waals surface area (Å²) in [5.74, 6) is -5.56. The quantitative estimate of drug-likeness (QED) is 0.00379. The lowest BCUT2D eigenvalue weighted by Crippen LogP contribution is -2.54. The number of amides is 4. The van der Waals surface area contributed by atoms with Gasteiger partial charge in [0.15, 0.2) is 32.5 Å². The largest absolute Gasteiger partial charge is 0.506 e. The fraction of sp³-hybridized carbons (Fsp3) is 0.0882. The molecule has 0 aromatic heterocycles. The molecule has 0 aliphatic heterocycles. The summed E-state index contributed by atoms with van der Waals surface area (Å²) in [6.45, 7) is 0.300. The molecule has 0 saturated carbocycles. The van der Waals surface area contributed by atoms with Crippen molar-refractivity contribution in [1.82, 2.24) is 43.2 Å². The highest BCUT2D eigenvalue weighted by atomic mass is 79.9. The van der Waals surface area contributed by atoms with E-state index in [9.17, 15) is 91.5 Å². The molecule has 8 aromatic rings. The minimum Gasteiger partial charge on any atom is -0.506 e. The molecule has 37 nitrogen and oxygen atoms in total. The molecule has 8 rings (SSSR count). The predicted molar refractivity (Wildman–Crippen MR) is 477 cm³/mol. The first-order valence-electron chi connectivity index (χ1n) is 32.7. The van der Waals surface area contributed by atoms with E-state index in [0.717, 1.165) is 61.0 Å². The molecule has 0 aliphatic carbocycles. The number of hydrogen-bond donors (Lipinski definition) is 22. The molecule has 0 heterocycles. The number of halogens is 6. The highest BCUT2D eigenvalue weighted by molar-refractivity contribution is 9.11. The van der Waals surface area contributed by atoms with Gasteiger partial charge in [0.25, 0.3) is 64.1 Å². The van der Waals surface area contributed by atoms with Gasteiger partial charge in [-0.05, 0) is 244 Å². The molecule has 2 atom stereocenters. The van der Waals surface area contributed by atoms with Crippen molar-refractivity contribution in [3.8, 4) is 23.0 Å². The van der Waals surface area contributed by atoms with Crippen LogP contribution in [0.4, 0.5) is 34.1 Å². The number of carbonyl (C=O) groups is 4. The Kier molecular flexibility index (Phi) is 33.7. The van der Waals surface area contributed by atoms with E-state index in [4.69, 9.17) is 76.8 Å². The van der Waals surface area contributed by atoms with Crippen LogP contribution in [-0.4, -0.2) is 167 Å². The SMILES string of the molecule is O=C(N/N=C/c1cc(Br)c(O)c(Br)c1O)C(Nc1ccc(Cl)cc1)C(=O)NNC(=S)Nc1ccc(/C=C/c2ccc(NC(=S)NCCOCCNC(=S)Nc3ccc(/C=C/c4ccc(NC(=S)NNC(=O)C(Nc5ccc(Cl)cc5)C(=O)N/N=C/c5cc(Br)c(O)c(Br)c5O)cc4S(=O)(=O)O)c(S(=O)(=O)O)c3)cc2S(=O)(=O)O)c(S(=O)(=O)O)c1. The number of anilines is 6. The number of hydrogen-bond acceptors (Lipinski definition) is 25. The molecule has 0 bridgehead atoms. The van der Waals surface area contributed by atoms with Crippen molar-refractivity contribution in [2.24, 2.45) is 10.2 Å². The second kappa shape index (κ2) is 42.4. The Morgan fingerprint density at radius 1 is 0.387 bits per heavy atom. The average Bonchev–Trinajstić information content (AvgIpc) is 0.806. The second-order valence-electron chi connectivity index (χ2n) is 23.6. The predicted octanol–water partition coefficient (Wildman–Crippen LogP) is 9.38. The molecule has 0 radical (unpaired) electrons. The Balaban J connectivity index is 0.793. The van der Waals surface area contributed by atoms with Gasteiger partial charge in [-0.3, -0.25) is 59.1 Å². The molecule has 51 heteroatoms. The van der Waals surface area contributed by atoms with Crippen LogP contribution < -0.4 is 75.1 Å². The third-order valence-electron chi connectivity index (χ3n) is 15.3. The van der Waals surface area contributed by atoms with E-state index >= 15 is 0 Å². The van der Waals surface area contributed by atoms with E-state index in [1.165, 1.54) is 109 Å². The molecule has 119 heavy (non-hydrogen) atoms. The Labute approximate surface area is 741 Å². The lowest BCUT2D eigenvalue weighted by atomic mass is 10.1. The van der Waals surface area contributed by atoms with Crippen LogP contribution in [0, 0.1) is 0 Å². The zero-order chi connectivity index (χ0) is 87.4. The fourth-order valence-electron chi connectivity index (χ4n) is 9.70. The van der Waals surface area contributed by atoms with E-state index in [2.05, 4.69) is 149 Å². The van der Waals surface area contributed by atoms with Gasteiger partial charge in [0.2, 0.25) is 0 Å². The minimum absolute atomic E-state index is 0.0195. The van der Waals surface area contributed by atoms with Crippen LogP contribution in [0.15, 0.2) is 181 Å². The van der Waals surface area contributed by atoms with Gasteiger partial charge in [-0.1, -0.05) is 71.8 Å². The zero-order valence-electron chi connectivity index (χ0n) is 59.5. The van der Waals surface area contributed by atoms with Crippen molar-refractivity contribution < 1.29 is 96.2 Å². The molecule has 0 spiro atoms. The third kappa shape index (κ3) is 28.1. The number of thiocarbonyl (C=S) groups is 4. The average molecular weight is 2080 g/mol. The number of ether oxygens (including phenoxy) is 1. The summed E-state index contributed by atoms with van der Waals surface area (Å²) in [6, 6.07) is 25.1. The number of phenols is 4. The first-order valence-corrected chi connectivity index (χ1v) is 44.0. The van der Waals surface area contributed by atoms with Crippen LogP contribution in [0.2, 0.25) is 10.0 Å². The number of hydrazone groups is 2. The summed E-state index contributed by atoms with van der Waals surface area (Å²) in [6.07, 6.45) is 6.59. The third-order valence-corrected chi connectivity index (χ3v) is 23.0. The molecule has 4 amide bonds. The van der Waals surface area contributed by atoms with E-state index < -0.39 is 107 Å². The Bertz CT molecular complexity index is 5580. The first-order chi connectivity index (χ1) is 55.9. The molecular weight excluding hydrogens is 2020 g/mol. The van der Waals surface area contributed by atoms with Gasteiger partial charge < -0.3 is 67.7 Å². The molecular formula is C68H60Br4Cl2N16O21S8. The number of rotatable bonds is 30. The maximum atomic E-state index is 13.5. The zero-order valence-corrected chi connectivity index (χ0v) is 73.8. The Hall–Kier alpha value is -9.88. The molecule has 0 aliphatic rings. The van der Waals surface area contributed by atoms with Gasteiger partial charge >= 0.3 is 0 Å². The Morgan fingerprint density at radius 2 is 0.664 bits per heavy atom. The van der Waals surface area contributed by atoms with Gasteiger partial charge in [0.05, 0.1) is 34.6 Å². The minimum atomic E-state index is -5.04. The maximum Gasteiger partial charge on any atom is 0.295 e. The van der Waals surface area contributed by atoms with Crippen molar-refractivity contribution in [3.63, 3.8) is 0 Å². The van der Waals surface area contributed by atoms with Gasteiger partial charge in [0, 0.05) is 68.4 Å². The maximum absolute atomic E-state index is 13.5.